The number of rotatable bonds is 5. The predicted octanol–water partition coefficient (Wildman–Crippen LogP) is 6.38. The molecule has 0 unspecified atom stereocenters. The molecule has 0 atom stereocenters. The van der Waals surface area contributed by atoms with Crippen molar-refractivity contribution in [3.05, 3.63) is 114 Å². The standard InChI is InChI=1S/C38H25N13/c1-20-45-21(2)48-36(47-20)27-6-8-32-29(11-27)30-12-28(37-49-22(3)46-23(4)50-37)7-9-33(30)51(32)34-10-5-26(35-41-16-24(14-39)17-42-35)13-31(34)38-43-18-25(15-40)19-44-38/h5-13,16-19H,1-4H3. The van der Waals surface area contributed by atoms with E-state index in [0.29, 0.717) is 68.8 Å². The number of aromatic nitrogens is 11. The van der Waals surface area contributed by atoms with Crippen molar-refractivity contribution in [3.63, 3.8) is 0 Å². The molecule has 0 bridgehead atoms. The van der Waals surface area contributed by atoms with Gasteiger partial charge in [-0.2, -0.15) is 10.5 Å². The fraction of sp³-hybridized carbons (Fsp3) is 0.105. The van der Waals surface area contributed by atoms with E-state index in [-0.39, 0.29) is 0 Å². The molecule has 0 amide bonds. The van der Waals surface area contributed by atoms with Crippen molar-refractivity contribution in [3.8, 4) is 63.4 Å². The van der Waals surface area contributed by atoms with Crippen molar-refractivity contribution in [1.29, 1.82) is 10.5 Å². The summed E-state index contributed by atoms with van der Waals surface area (Å²) in [7, 11) is 0. The fourth-order valence-electron chi connectivity index (χ4n) is 6.16. The smallest absolute Gasteiger partial charge is 0.163 e. The SMILES string of the molecule is Cc1nc(C)nc(-c2ccc3c(c2)c2cc(-c4nc(C)nc(C)n4)ccc2n3-c2ccc(-c3ncc(C#N)cn3)cc2-c2ncc(C#N)cn2)n1. The van der Waals surface area contributed by atoms with E-state index < -0.39 is 0 Å². The number of nitrogens with zero attached hydrogens (tertiary/aromatic N) is 13. The third kappa shape index (κ3) is 5.64. The third-order valence-electron chi connectivity index (χ3n) is 8.30. The maximum atomic E-state index is 9.45. The van der Waals surface area contributed by atoms with Crippen molar-refractivity contribution >= 4 is 21.8 Å². The molecule has 0 spiro atoms. The lowest BCUT2D eigenvalue weighted by Crippen LogP contribution is -2.02. The minimum atomic E-state index is 0.344. The Hall–Kier alpha value is -7.38. The molecule has 5 heterocycles. The van der Waals surface area contributed by atoms with Gasteiger partial charge in [0.15, 0.2) is 23.3 Å². The van der Waals surface area contributed by atoms with Crippen LogP contribution in [0.25, 0.3) is 73.0 Å². The van der Waals surface area contributed by atoms with Crippen LogP contribution in [0, 0.1) is 50.4 Å². The molecular weight excluding hydrogens is 639 g/mol. The van der Waals surface area contributed by atoms with Crippen LogP contribution in [0.5, 0.6) is 0 Å². The highest BCUT2D eigenvalue weighted by molar-refractivity contribution is 6.12. The van der Waals surface area contributed by atoms with E-state index in [2.05, 4.69) is 90.8 Å². The molecule has 5 aromatic heterocycles. The van der Waals surface area contributed by atoms with Crippen molar-refractivity contribution in [2.45, 2.75) is 27.7 Å². The maximum Gasteiger partial charge on any atom is 0.163 e. The van der Waals surface area contributed by atoms with Gasteiger partial charge < -0.3 is 4.57 Å². The molecule has 0 fully saturated rings. The van der Waals surface area contributed by atoms with E-state index in [0.717, 1.165) is 38.6 Å². The van der Waals surface area contributed by atoms with Gasteiger partial charge in [0.25, 0.3) is 0 Å². The average Bonchev–Trinajstić information content (AvgIpc) is 3.46. The molecular formula is C38H25N13. The summed E-state index contributed by atoms with van der Waals surface area (Å²) in [5.74, 6) is 4.58. The van der Waals surface area contributed by atoms with Gasteiger partial charge in [-0.05, 0) is 82.3 Å². The van der Waals surface area contributed by atoms with Gasteiger partial charge in [0.2, 0.25) is 0 Å². The summed E-state index contributed by atoms with van der Waals surface area (Å²) >= 11 is 0. The van der Waals surface area contributed by atoms with Crippen LogP contribution in [0.2, 0.25) is 0 Å². The molecule has 0 saturated heterocycles. The topological polar surface area (TPSA) is 181 Å². The zero-order chi connectivity index (χ0) is 35.2. The minimum Gasteiger partial charge on any atom is -0.308 e. The largest absolute Gasteiger partial charge is 0.308 e. The van der Waals surface area contributed by atoms with Gasteiger partial charge in [0.1, 0.15) is 35.4 Å². The molecule has 8 aromatic rings. The Morgan fingerprint density at radius 3 is 1.33 bits per heavy atom. The van der Waals surface area contributed by atoms with Crippen LogP contribution in [-0.4, -0.2) is 54.4 Å². The summed E-state index contributed by atoms with van der Waals surface area (Å²) in [6.45, 7) is 7.42. The quantitative estimate of drug-likeness (QED) is 0.198. The third-order valence-corrected chi connectivity index (χ3v) is 8.30. The first-order valence-electron chi connectivity index (χ1n) is 15.8. The second kappa shape index (κ2) is 12.3. The van der Waals surface area contributed by atoms with Gasteiger partial charge in [-0.1, -0.05) is 0 Å². The zero-order valence-electron chi connectivity index (χ0n) is 27.8. The number of nitriles is 2. The second-order valence-electron chi connectivity index (χ2n) is 11.9. The van der Waals surface area contributed by atoms with Crippen LogP contribution in [0.1, 0.15) is 34.4 Å². The average molecular weight is 664 g/mol. The highest BCUT2D eigenvalue weighted by atomic mass is 15.0. The molecule has 0 N–H and O–H groups in total. The molecule has 0 saturated carbocycles. The van der Waals surface area contributed by atoms with Crippen molar-refractivity contribution in [2.75, 3.05) is 0 Å². The highest BCUT2D eigenvalue weighted by Crippen LogP contribution is 2.39. The number of hydrogen-bond donors (Lipinski definition) is 0. The number of benzene rings is 3. The molecule has 0 aliphatic carbocycles. The number of hydrogen-bond acceptors (Lipinski definition) is 12. The van der Waals surface area contributed by atoms with Crippen LogP contribution in [0.3, 0.4) is 0 Å². The second-order valence-corrected chi connectivity index (χ2v) is 11.9. The molecule has 0 aliphatic rings. The van der Waals surface area contributed by atoms with Crippen molar-refractivity contribution in [1.82, 2.24) is 54.4 Å². The number of aryl methyl sites for hydroxylation is 4. The summed E-state index contributed by atoms with van der Waals surface area (Å²) in [5.41, 5.74) is 6.39. The van der Waals surface area contributed by atoms with E-state index in [9.17, 15) is 10.5 Å². The molecule has 242 valence electrons. The highest BCUT2D eigenvalue weighted by Gasteiger charge is 2.21. The van der Waals surface area contributed by atoms with Crippen LogP contribution in [-0.2, 0) is 0 Å². The monoisotopic (exact) mass is 663 g/mol. The van der Waals surface area contributed by atoms with Crippen LogP contribution >= 0.6 is 0 Å². The van der Waals surface area contributed by atoms with Crippen LogP contribution < -0.4 is 0 Å². The van der Waals surface area contributed by atoms with Crippen LogP contribution in [0.15, 0.2) is 79.4 Å². The van der Waals surface area contributed by atoms with E-state index in [4.69, 9.17) is 0 Å². The summed E-state index contributed by atoms with van der Waals surface area (Å²) < 4.78 is 2.16. The summed E-state index contributed by atoms with van der Waals surface area (Å²) in [6, 6.07) is 22.3. The van der Waals surface area contributed by atoms with E-state index in [1.165, 1.54) is 24.8 Å². The zero-order valence-corrected chi connectivity index (χ0v) is 27.8. The summed E-state index contributed by atoms with van der Waals surface area (Å²) in [4.78, 5) is 45.3. The minimum absolute atomic E-state index is 0.344. The predicted molar refractivity (Wildman–Crippen MR) is 189 cm³/mol. The first-order valence-corrected chi connectivity index (χ1v) is 15.8. The molecule has 13 nitrogen and oxygen atoms in total. The molecule has 0 aliphatic heterocycles. The van der Waals surface area contributed by atoms with Crippen molar-refractivity contribution < 1.29 is 0 Å². The Morgan fingerprint density at radius 1 is 0.471 bits per heavy atom. The van der Waals surface area contributed by atoms with Gasteiger partial charge in [0, 0.05) is 57.8 Å². The Kier molecular flexibility index (Phi) is 7.43. The van der Waals surface area contributed by atoms with Gasteiger partial charge in [-0.25, -0.2) is 49.8 Å². The van der Waals surface area contributed by atoms with E-state index in [1.807, 2.05) is 58.0 Å². The lowest BCUT2D eigenvalue weighted by Gasteiger charge is -2.15. The summed E-state index contributed by atoms with van der Waals surface area (Å²) in [5, 5.41) is 20.6. The first-order chi connectivity index (χ1) is 24.8. The van der Waals surface area contributed by atoms with Gasteiger partial charge in [-0.15, -0.1) is 0 Å². The first kappa shape index (κ1) is 30.9. The Labute approximate surface area is 291 Å². The Morgan fingerprint density at radius 2 is 0.882 bits per heavy atom. The maximum absolute atomic E-state index is 9.45. The molecule has 51 heavy (non-hydrogen) atoms. The summed E-state index contributed by atoms with van der Waals surface area (Å²) in [6.07, 6.45) is 5.97. The number of fused-ring (bicyclic) bond motifs is 3. The fourth-order valence-corrected chi connectivity index (χ4v) is 6.16. The van der Waals surface area contributed by atoms with E-state index >= 15 is 0 Å². The van der Waals surface area contributed by atoms with Gasteiger partial charge in [0.05, 0.1) is 27.8 Å². The van der Waals surface area contributed by atoms with Crippen LogP contribution in [0.4, 0.5) is 0 Å². The Bertz CT molecular complexity index is 2610. The van der Waals surface area contributed by atoms with Crippen molar-refractivity contribution in [2.24, 2.45) is 0 Å². The molecule has 13 heteroatoms. The molecule has 3 aromatic carbocycles. The van der Waals surface area contributed by atoms with Gasteiger partial charge >= 0.3 is 0 Å². The van der Waals surface area contributed by atoms with Gasteiger partial charge in [-0.3, -0.25) is 0 Å². The Balaban J connectivity index is 1.41. The lowest BCUT2D eigenvalue weighted by atomic mass is 10.1. The van der Waals surface area contributed by atoms with E-state index in [1.54, 1.807) is 0 Å². The molecule has 0 radical (unpaired) electrons. The molecule has 8 rings (SSSR count). The normalized spacial score (nSPS) is 11.1. The lowest BCUT2D eigenvalue weighted by molar-refractivity contribution is 0.928.